The van der Waals surface area contributed by atoms with Crippen LogP contribution in [-0.2, 0) is 0 Å². The van der Waals surface area contributed by atoms with Gasteiger partial charge in [0.1, 0.15) is 5.49 Å². The first-order chi connectivity index (χ1) is 10.2. The maximum Gasteiger partial charge on any atom is 0.308 e. The second-order valence-electron chi connectivity index (χ2n) is 4.73. The fraction of sp³-hybridized carbons (Fsp3) is 0. The van der Waals surface area contributed by atoms with Crippen LogP contribution >= 0.6 is 11.6 Å². The van der Waals surface area contributed by atoms with Crippen LogP contribution in [0.3, 0.4) is 0 Å². The summed E-state index contributed by atoms with van der Waals surface area (Å²) in [7, 11) is 0. The van der Waals surface area contributed by atoms with Crippen molar-refractivity contribution >= 4 is 28.3 Å². The van der Waals surface area contributed by atoms with E-state index in [1.807, 2.05) is 36.4 Å². The van der Waals surface area contributed by atoms with Gasteiger partial charge in [-0.15, -0.1) is 0 Å². The van der Waals surface area contributed by atoms with Crippen LogP contribution in [0.4, 0.5) is 0 Å². The van der Waals surface area contributed by atoms with Crippen molar-refractivity contribution in [1.82, 2.24) is 9.38 Å². The van der Waals surface area contributed by atoms with Gasteiger partial charge in [-0.1, -0.05) is 23.7 Å². The molecule has 4 rings (SSSR count). The van der Waals surface area contributed by atoms with Crippen LogP contribution in [0.25, 0.3) is 28.1 Å². The number of benzene rings is 2. The van der Waals surface area contributed by atoms with Crippen LogP contribution in [0.1, 0.15) is 0 Å². The van der Waals surface area contributed by atoms with Crippen molar-refractivity contribution in [3.05, 3.63) is 65.2 Å². The Balaban J connectivity index is 2.01. The Labute approximate surface area is 124 Å². The van der Waals surface area contributed by atoms with Crippen molar-refractivity contribution in [2.24, 2.45) is 0 Å². The third-order valence-electron chi connectivity index (χ3n) is 3.40. The van der Waals surface area contributed by atoms with E-state index in [1.165, 1.54) is 0 Å². The van der Waals surface area contributed by atoms with Gasteiger partial charge in [0.25, 0.3) is 0 Å². The third kappa shape index (κ3) is 1.92. The molecule has 4 aromatic rings. The van der Waals surface area contributed by atoms with Gasteiger partial charge in [-0.2, -0.15) is 4.98 Å². The van der Waals surface area contributed by atoms with Crippen molar-refractivity contribution in [2.45, 2.75) is 0 Å². The van der Waals surface area contributed by atoms with E-state index in [2.05, 4.69) is 4.98 Å². The number of rotatable bonds is 1. The highest BCUT2D eigenvalue weighted by Gasteiger charge is 2.10. The number of para-hydroxylation sites is 1. The van der Waals surface area contributed by atoms with Gasteiger partial charge >= 0.3 is 5.84 Å². The highest BCUT2D eigenvalue weighted by atomic mass is 35.5. The van der Waals surface area contributed by atoms with Gasteiger partial charge in [-0.25, -0.2) is 0 Å². The molecule has 0 aliphatic carbocycles. The van der Waals surface area contributed by atoms with E-state index in [4.69, 9.17) is 21.4 Å². The maximum atomic E-state index is 8.28. The molecule has 5 heteroatoms. The largest absolute Gasteiger partial charge is 0.423 e. The summed E-state index contributed by atoms with van der Waals surface area (Å²) in [6.45, 7) is 0. The predicted molar refractivity (Wildman–Crippen MR) is 81.3 cm³/mol. The van der Waals surface area contributed by atoms with Crippen molar-refractivity contribution in [1.29, 1.82) is 5.41 Å². The van der Waals surface area contributed by atoms with E-state index in [9.17, 15) is 0 Å². The van der Waals surface area contributed by atoms with Gasteiger partial charge in [0.15, 0.2) is 5.76 Å². The normalized spacial score (nSPS) is 11.3. The first kappa shape index (κ1) is 12.2. The molecular weight excluding hydrogens is 286 g/mol. The summed E-state index contributed by atoms with van der Waals surface area (Å²) < 4.78 is 7.42. The number of fused-ring (bicyclic) bond motifs is 2. The summed E-state index contributed by atoms with van der Waals surface area (Å²) >= 11 is 5.90. The summed E-state index contributed by atoms with van der Waals surface area (Å²) in [5, 5.41) is 9.75. The number of aromatic nitrogens is 2. The van der Waals surface area contributed by atoms with Crippen LogP contribution in [0.15, 0.2) is 59.1 Å². The summed E-state index contributed by atoms with van der Waals surface area (Å²) in [6, 6.07) is 14.9. The Hall–Kier alpha value is -2.59. The fourth-order valence-electron chi connectivity index (χ4n) is 2.34. The molecule has 0 saturated carbocycles. The van der Waals surface area contributed by atoms with Gasteiger partial charge in [-0.05, 0) is 36.4 Å². The molecule has 0 atom stereocenters. The molecule has 2 heterocycles. The van der Waals surface area contributed by atoms with Crippen LogP contribution in [0.5, 0.6) is 0 Å². The molecule has 0 saturated heterocycles. The molecule has 0 bridgehead atoms. The minimum Gasteiger partial charge on any atom is -0.423 e. The lowest BCUT2D eigenvalue weighted by atomic mass is 10.2. The summed E-state index contributed by atoms with van der Waals surface area (Å²) in [6.07, 6.45) is 1.78. The van der Waals surface area contributed by atoms with Gasteiger partial charge < -0.3 is 4.42 Å². The van der Waals surface area contributed by atoms with Crippen molar-refractivity contribution < 1.29 is 4.42 Å². The van der Waals surface area contributed by atoms with Gasteiger partial charge in [0.05, 0.1) is 11.7 Å². The van der Waals surface area contributed by atoms with Crippen molar-refractivity contribution in [3.8, 4) is 11.3 Å². The minimum absolute atomic E-state index is 0.361. The second-order valence-corrected chi connectivity index (χ2v) is 5.17. The van der Waals surface area contributed by atoms with Gasteiger partial charge in [-0.3, -0.25) is 9.81 Å². The van der Waals surface area contributed by atoms with E-state index >= 15 is 0 Å². The first-order valence-electron chi connectivity index (χ1n) is 6.44. The molecule has 102 valence electrons. The zero-order valence-corrected chi connectivity index (χ0v) is 11.6. The lowest BCUT2D eigenvalue weighted by Crippen LogP contribution is -2.12. The molecule has 4 nitrogen and oxygen atoms in total. The Morgan fingerprint density at radius 1 is 1.05 bits per heavy atom. The number of oxazole rings is 1. The Bertz CT molecular complexity index is 1020. The maximum absolute atomic E-state index is 8.28. The molecule has 0 aliphatic rings. The highest BCUT2D eigenvalue weighted by molar-refractivity contribution is 6.30. The molecule has 2 aromatic heterocycles. The van der Waals surface area contributed by atoms with E-state index in [0.717, 1.165) is 16.5 Å². The lowest BCUT2D eigenvalue weighted by molar-refractivity contribution is 0.606. The van der Waals surface area contributed by atoms with E-state index in [0.29, 0.717) is 22.1 Å². The monoisotopic (exact) mass is 295 g/mol. The second kappa shape index (κ2) is 4.46. The summed E-state index contributed by atoms with van der Waals surface area (Å²) in [4.78, 5) is 4.45. The zero-order chi connectivity index (χ0) is 14.4. The highest BCUT2D eigenvalue weighted by Crippen LogP contribution is 2.23. The number of nitrogens with zero attached hydrogens (tertiary/aromatic N) is 2. The Morgan fingerprint density at radius 3 is 2.62 bits per heavy atom. The standard InChI is InChI=1S/C16H10ClN3O/c17-11-7-5-10(6-8-11)14-9-20-15(18)12-3-1-2-4-13(12)19-16(20)21-14/h1-9,18H. The average Bonchev–Trinajstić information content (AvgIpc) is 2.92. The van der Waals surface area contributed by atoms with Crippen LogP contribution < -0.4 is 5.49 Å². The van der Waals surface area contributed by atoms with Gasteiger partial charge in [0.2, 0.25) is 0 Å². The minimum atomic E-state index is 0.361. The molecule has 21 heavy (non-hydrogen) atoms. The SMILES string of the molecule is N=c1c2ccccc2nc2oc(-c3ccc(Cl)cc3)cn12. The van der Waals surface area contributed by atoms with Crippen LogP contribution in [0, 0.1) is 5.41 Å². The van der Waals surface area contributed by atoms with E-state index < -0.39 is 0 Å². The fourth-order valence-corrected chi connectivity index (χ4v) is 2.46. The van der Waals surface area contributed by atoms with Gasteiger partial charge in [0, 0.05) is 16.0 Å². The summed E-state index contributed by atoms with van der Waals surface area (Å²) in [5.74, 6) is 1.06. The molecule has 0 fully saturated rings. The van der Waals surface area contributed by atoms with E-state index in [1.54, 1.807) is 22.7 Å². The van der Waals surface area contributed by atoms with E-state index in [-0.39, 0.29) is 0 Å². The molecule has 0 aliphatic heterocycles. The van der Waals surface area contributed by atoms with Crippen molar-refractivity contribution in [2.75, 3.05) is 0 Å². The number of halogens is 1. The quantitative estimate of drug-likeness (QED) is 0.579. The molecule has 1 N–H and O–H groups in total. The number of nitrogens with one attached hydrogen (secondary N) is 1. The number of hydrogen-bond donors (Lipinski definition) is 1. The molecule has 0 amide bonds. The Morgan fingerprint density at radius 2 is 1.81 bits per heavy atom. The van der Waals surface area contributed by atoms with Crippen LogP contribution in [-0.4, -0.2) is 9.38 Å². The molecule has 0 spiro atoms. The van der Waals surface area contributed by atoms with Crippen LogP contribution in [0.2, 0.25) is 5.02 Å². The molecule has 0 radical (unpaired) electrons. The smallest absolute Gasteiger partial charge is 0.308 e. The molecular formula is C16H10ClN3O. The first-order valence-corrected chi connectivity index (χ1v) is 6.82. The number of hydrogen-bond acceptors (Lipinski definition) is 3. The predicted octanol–water partition coefficient (Wildman–Crippen LogP) is 3.88. The van der Waals surface area contributed by atoms with Crippen molar-refractivity contribution in [3.63, 3.8) is 0 Å². The summed E-state index contributed by atoms with van der Waals surface area (Å²) in [5.41, 5.74) is 2.01. The molecule has 0 unspecified atom stereocenters. The third-order valence-corrected chi connectivity index (χ3v) is 3.65. The molecule has 2 aromatic carbocycles. The lowest BCUT2D eigenvalue weighted by Gasteiger charge is -1.97. The topological polar surface area (TPSA) is 54.3 Å². The average molecular weight is 296 g/mol. The Kier molecular flexibility index (Phi) is 2.59. The zero-order valence-electron chi connectivity index (χ0n) is 10.9.